The summed E-state index contributed by atoms with van der Waals surface area (Å²) in [5, 5.41) is 8.43. The lowest BCUT2D eigenvalue weighted by Gasteiger charge is -2.10. The summed E-state index contributed by atoms with van der Waals surface area (Å²) in [7, 11) is 2.98. The minimum absolute atomic E-state index is 0.349. The van der Waals surface area contributed by atoms with Crippen LogP contribution in [-0.2, 0) is 9.59 Å². The number of ether oxygens (including phenoxy) is 2. The molecule has 142 valence electrons. The third kappa shape index (κ3) is 4.27. The monoisotopic (exact) mass is 377 g/mol. The van der Waals surface area contributed by atoms with Gasteiger partial charge in [0.15, 0.2) is 0 Å². The van der Waals surface area contributed by atoms with Gasteiger partial charge in [-0.15, -0.1) is 0 Å². The smallest absolute Gasteiger partial charge is 0.329 e. The first-order valence-electron chi connectivity index (χ1n) is 8.46. The van der Waals surface area contributed by atoms with E-state index in [2.05, 4.69) is 15.8 Å². The Morgan fingerprint density at radius 2 is 1.71 bits per heavy atom. The van der Waals surface area contributed by atoms with Crippen molar-refractivity contribution in [2.75, 3.05) is 19.5 Å². The molecule has 0 aliphatic carbocycles. The van der Waals surface area contributed by atoms with E-state index in [4.69, 9.17) is 9.47 Å². The van der Waals surface area contributed by atoms with Gasteiger partial charge < -0.3 is 14.8 Å². The summed E-state index contributed by atoms with van der Waals surface area (Å²) >= 11 is 0. The Labute approximate surface area is 162 Å². The molecule has 0 fully saturated rings. The minimum atomic E-state index is -0.894. The second-order valence-corrected chi connectivity index (χ2v) is 5.79. The highest BCUT2D eigenvalue weighted by Gasteiger charge is 2.15. The first-order chi connectivity index (χ1) is 13.6. The van der Waals surface area contributed by atoms with Gasteiger partial charge in [0.25, 0.3) is 0 Å². The van der Waals surface area contributed by atoms with Crippen LogP contribution in [0.5, 0.6) is 11.5 Å². The van der Waals surface area contributed by atoms with Crippen molar-refractivity contribution < 1.29 is 19.1 Å². The Morgan fingerprint density at radius 3 is 2.50 bits per heavy atom. The molecule has 0 saturated heterocycles. The fourth-order valence-corrected chi connectivity index (χ4v) is 2.66. The highest BCUT2D eigenvalue weighted by molar-refractivity contribution is 6.39. The number of methoxy groups -OCH3 is 2. The maximum absolute atomic E-state index is 12.1. The van der Waals surface area contributed by atoms with E-state index in [1.165, 1.54) is 20.4 Å². The molecule has 0 aromatic heterocycles. The van der Waals surface area contributed by atoms with Crippen LogP contribution >= 0.6 is 0 Å². The van der Waals surface area contributed by atoms with Gasteiger partial charge in [-0.05, 0) is 22.9 Å². The zero-order chi connectivity index (χ0) is 19.9. The van der Waals surface area contributed by atoms with Crippen LogP contribution in [0.1, 0.15) is 5.56 Å². The van der Waals surface area contributed by atoms with Crippen molar-refractivity contribution in [3.63, 3.8) is 0 Å². The molecule has 3 aromatic carbocycles. The molecule has 0 saturated carbocycles. The van der Waals surface area contributed by atoms with Crippen LogP contribution in [0.2, 0.25) is 0 Å². The highest BCUT2D eigenvalue weighted by Crippen LogP contribution is 2.28. The Morgan fingerprint density at radius 1 is 0.929 bits per heavy atom. The van der Waals surface area contributed by atoms with Gasteiger partial charge in [0.1, 0.15) is 11.5 Å². The van der Waals surface area contributed by atoms with Gasteiger partial charge in [-0.3, -0.25) is 9.59 Å². The summed E-state index contributed by atoms with van der Waals surface area (Å²) < 4.78 is 10.3. The fraction of sp³-hybridized carbons (Fsp3) is 0.0952. The number of anilines is 1. The number of fused-ring (bicyclic) bond motifs is 1. The molecule has 3 rings (SSSR count). The van der Waals surface area contributed by atoms with E-state index in [0.717, 1.165) is 16.3 Å². The topological polar surface area (TPSA) is 89.0 Å². The molecule has 0 aliphatic heterocycles. The molecule has 0 heterocycles. The van der Waals surface area contributed by atoms with Crippen molar-refractivity contribution in [3.05, 3.63) is 66.2 Å². The lowest BCUT2D eigenvalue weighted by atomic mass is 10.1. The van der Waals surface area contributed by atoms with Gasteiger partial charge in [-0.2, -0.15) is 5.10 Å². The molecule has 0 spiro atoms. The van der Waals surface area contributed by atoms with Crippen LogP contribution in [0.4, 0.5) is 5.69 Å². The fourth-order valence-electron chi connectivity index (χ4n) is 2.66. The van der Waals surface area contributed by atoms with Crippen LogP contribution in [0.3, 0.4) is 0 Å². The number of carbonyl (C=O) groups excluding carboxylic acids is 2. The Balaban J connectivity index is 1.66. The van der Waals surface area contributed by atoms with E-state index in [0.29, 0.717) is 17.2 Å². The average molecular weight is 377 g/mol. The maximum Gasteiger partial charge on any atom is 0.329 e. The molecule has 0 bridgehead atoms. The molecular formula is C21H19N3O4. The number of nitrogens with one attached hydrogen (secondary N) is 2. The van der Waals surface area contributed by atoms with E-state index in [-0.39, 0.29) is 0 Å². The molecule has 0 aliphatic rings. The summed E-state index contributed by atoms with van der Waals surface area (Å²) in [4.78, 5) is 24.1. The SMILES string of the molecule is COc1ccc(NC(=O)C(=O)N/N=C/c2cccc3ccccc23)c(OC)c1. The Hall–Kier alpha value is -3.87. The van der Waals surface area contributed by atoms with Crippen molar-refractivity contribution in [2.45, 2.75) is 0 Å². The van der Waals surface area contributed by atoms with Gasteiger partial charge in [0.2, 0.25) is 0 Å². The molecule has 2 amide bonds. The summed E-state index contributed by atoms with van der Waals surface area (Å²) in [6.45, 7) is 0. The Kier molecular flexibility index (Phi) is 5.86. The van der Waals surface area contributed by atoms with Crippen LogP contribution in [0.15, 0.2) is 65.8 Å². The van der Waals surface area contributed by atoms with E-state index in [1.54, 1.807) is 18.2 Å². The molecule has 7 nitrogen and oxygen atoms in total. The largest absolute Gasteiger partial charge is 0.497 e. The van der Waals surface area contributed by atoms with Gasteiger partial charge in [0, 0.05) is 11.6 Å². The quantitative estimate of drug-likeness (QED) is 0.406. The zero-order valence-corrected chi connectivity index (χ0v) is 15.4. The van der Waals surface area contributed by atoms with Crippen LogP contribution in [-0.4, -0.2) is 32.2 Å². The number of benzene rings is 3. The number of amides is 2. The summed E-state index contributed by atoms with van der Waals surface area (Å²) in [6, 6.07) is 18.4. The number of hydrogen-bond donors (Lipinski definition) is 2. The second kappa shape index (κ2) is 8.68. The average Bonchev–Trinajstić information content (AvgIpc) is 2.74. The first kappa shape index (κ1) is 18.9. The maximum atomic E-state index is 12.1. The highest BCUT2D eigenvalue weighted by atomic mass is 16.5. The lowest BCUT2D eigenvalue weighted by Crippen LogP contribution is -2.32. The molecule has 28 heavy (non-hydrogen) atoms. The summed E-state index contributed by atoms with van der Waals surface area (Å²) in [5.74, 6) is -0.813. The number of rotatable bonds is 5. The number of hydrogen-bond acceptors (Lipinski definition) is 5. The second-order valence-electron chi connectivity index (χ2n) is 5.79. The first-order valence-corrected chi connectivity index (χ1v) is 8.46. The molecular weight excluding hydrogens is 358 g/mol. The normalized spacial score (nSPS) is 10.6. The summed E-state index contributed by atoms with van der Waals surface area (Å²) in [6.07, 6.45) is 1.50. The van der Waals surface area contributed by atoms with Gasteiger partial charge in [-0.1, -0.05) is 42.5 Å². The van der Waals surface area contributed by atoms with Crippen molar-refractivity contribution >= 4 is 34.5 Å². The minimum Gasteiger partial charge on any atom is -0.497 e. The third-order valence-corrected chi connectivity index (χ3v) is 4.06. The van der Waals surface area contributed by atoms with Gasteiger partial charge in [-0.25, -0.2) is 5.43 Å². The molecule has 0 atom stereocenters. The molecule has 0 radical (unpaired) electrons. The van der Waals surface area contributed by atoms with E-state index in [9.17, 15) is 9.59 Å². The standard InChI is InChI=1S/C21H19N3O4/c1-27-16-10-11-18(19(12-16)28-2)23-20(25)21(26)24-22-13-15-8-5-7-14-6-3-4-9-17(14)15/h3-13H,1-2H3,(H,23,25)(H,24,26)/b22-13+. The van der Waals surface area contributed by atoms with Crippen molar-refractivity contribution in [3.8, 4) is 11.5 Å². The molecule has 3 aromatic rings. The summed E-state index contributed by atoms with van der Waals surface area (Å²) in [5.41, 5.74) is 3.41. The van der Waals surface area contributed by atoms with Crippen molar-refractivity contribution in [1.29, 1.82) is 0 Å². The third-order valence-electron chi connectivity index (χ3n) is 4.06. The molecule has 7 heteroatoms. The van der Waals surface area contributed by atoms with Gasteiger partial charge in [0.05, 0.1) is 26.1 Å². The van der Waals surface area contributed by atoms with Crippen LogP contribution in [0, 0.1) is 0 Å². The van der Waals surface area contributed by atoms with E-state index in [1.807, 2.05) is 42.5 Å². The molecule has 2 N–H and O–H groups in total. The van der Waals surface area contributed by atoms with E-state index >= 15 is 0 Å². The molecule has 0 unspecified atom stereocenters. The van der Waals surface area contributed by atoms with E-state index < -0.39 is 11.8 Å². The number of carbonyl (C=O) groups is 2. The van der Waals surface area contributed by atoms with Crippen LogP contribution in [0.25, 0.3) is 10.8 Å². The number of hydrazone groups is 1. The van der Waals surface area contributed by atoms with Crippen molar-refractivity contribution in [1.82, 2.24) is 5.43 Å². The Bertz CT molecular complexity index is 1040. The predicted molar refractivity (Wildman–Crippen MR) is 108 cm³/mol. The van der Waals surface area contributed by atoms with Crippen LogP contribution < -0.4 is 20.2 Å². The lowest BCUT2D eigenvalue weighted by molar-refractivity contribution is -0.136. The number of nitrogens with zero attached hydrogens (tertiary/aromatic N) is 1. The van der Waals surface area contributed by atoms with Gasteiger partial charge >= 0.3 is 11.8 Å². The predicted octanol–water partition coefficient (Wildman–Crippen LogP) is 2.95. The zero-order valence-electron chi connectivity index (χ0n) is 15.4. The van der Waals surface area contributed by atoms with Crippen molar-refractivity contribution in [2.24, 2.45) is 5.10 Å².